The SMILES string of the molecule is CCNC(=NCCCCSC)N1CC2OCCN(Cc3ccccc3)C2C1.I. The van der Waals surface area contributed by atoms with Crippen molar-refractivity contribution in [3.8, 4) is 0 Å². The van der Waals surface area contributed by atoms with Crippen molar-refractivity contribution in [3.05, 3.63) is 35.9 Å². The Morgan fingerprint density at radius 1 is 1.25 bits per heavy atom. The number of morpholine rings is 1. The maximum atomic E-state index is 6.12. The Morgan fingerprint density at radius 3 is 2.82 bits per heavy atom. The van der Waals surface area contributed by atoms with Gasteiger partial charge in [0.2, 0.25) is 0 Å². The second-order valence-electron chi connectivity index (χ2n) is 7.27. The van der Waals surface area contributed by atoms with Crippen molar-refractivity contribution in [1.29, 1.82) is 0 Å². The van der Waals surface area contributed by atoms with Crippen LogP contribution in [-0.2, 0) is 11.3 Å². The molecule has 0 aromatic heterocycles. The van der Waals surface area contributed by atoms with Gasteiger partial charge in [-0.1, -0.05) is 30.3 Å². The number of guanidine groups is 1. The summed E-state index contributed by atoms with van der Waals surface area (Å²) in [6.45, 7) is 8.72. The van der Waals surface area contributed by atoms with E-state index < -0.39 is 0 Å². The molecule has 5 nitrogen and oxygen atoms in total. The molecule has 0 spiro atoms. The monoisotopic (exact) mass is 518 g/mol. The molecule has 7 heteroatoms. The van der Waals surface area contributed by atoms with Gasteiger partial charge in [0, 0.05) is 39.3 Å². The van der Waals surface area contributed by atoms with Crippen LogP contribution >= 0.6 is 35.7 Å². The van der Waals surface area contributed by atoms with Crippen LogP contribution in [0.3, 0.4) is 0 Å². The molecule has 1 aromatic carbocycles. The van der Waals surface area contributed by atoms with Gasteiger partial charge in [0.25, 0.3) is 0 Å². The number of fused-ring (bicyclic) bond motifs is 1. The summed E-state index contributed by atoms with van der Waals surface area (Å²) in [5.41, 5.74) is 1.38. The number of unbranched alkanes of at least 4 members (excludes halogenated alkanes) is 1. The zero-order valence-electron chi connectivity index (χ0n) is 17.2. The van der Waals surface area contributed by atoms with Crippen molar-refractivity contribution >= 4 is 41.7 Å². The zero-order valence-corrected chi connectivity index (χ0v) is 20.3. The Labute approximate surface area is 191 Å². The quantitative estimate of drug-likeness (QED) is 0.248. The Bertz CT molecular complexity index is 589. The molecular weight excluding hydrogens is 483 g/mol. The van der Waals surface area contributed by atoms with Gasteiger partial charge >= 0.3 is 0 Å². The molecule has 2 unspecified atom stereocenters. The second-order valence-corrected chi connectivity index (χ2v) is 8.26. The molecule has 2 aliphatic rings. The third-order valence-corrected chi connectivity index (χ3v) is 5.99. The average molecular weight is 519 g/mol. The van der Waals surface area contributed by atoms with E-state index in [2.05, 4.69) is 58.6 Å². The largest absolute Gasteiger partial charge is 0.373 e. The first-order chi connectivity index (χ1) is 13.3. The van der Waals surface area contributed by atoms with Crippen LogP contribution in [-0.4, -0.2) is 79.2 Å². The fraction of sp³-hybridized carbons (Fsp3) is 0.667. The summed E-state index contributed by atoms with van der Waals surface area (Å²) in [6.07, 6.45) is 4.85. The molecule has 28 heavy (non-hydrogen) atoms. The minimum atomic E-state index is 0. The van der Waals surface area contributed by atoms with E-state index in [1.54, 1.807) is 0 Å². The maximum absolute atomic E-state index is 6.12. The predicted molar refractivity (Wildman–Crippen MR) is 131 cm³/mol. The Hall–Kier alpha value is -0.510. The molecule has 2 saturated heterocycles. The molecular formula is C21H35IN4OS. The Kier molecular flexibility index (Phi) is 11.0. The smallest absolute Gasteiger partial charge is 0.194 e. The Morgan fingerprint density at radius 2 is 2.07 bits per heavy atom. The fourth-order valence-electron chi connectivity index (χ4n) is 3.91. The van der Waals surface area contributed by atoms with Crippen LogP contribution in [0.15, 0.2) is 35.3 Å². The summed E-state index contributed by atoms with van der Waals surface area (Å²) in [5.74, 6) is 2.28. The second kappa shape index (κ2) is 12.9. The lowest BCUT2D eigenvalue weighted by molar-refractivity contribution is -0.0502. The average Bonchev–Trinajstić information content (AvgIpc) is 3.13. The number of nitrogens with zero attached hydrogens (tertiary/aromatic N) is 3. The molecule has 2 fully saturated rings. The third-order valence-electron chi connectivity index (χ3n) is 5.30. The van der Waals surface area contributed by atoms with Crippen molar-refractivity contribution in [2.45, 2.75) is 38.5 Å². The lowest BCUT2D eigenvalue weighted by Gasteiger charge is -2.36. The minimum absolute atomic E-state index is 0. The van der Waals surface area contributed by atoms with Gasteiger partial charge in [0.05, 0.1) is 18.8 Å². The molecule has 158 valence electrons. The van der Waals surface area contributed by atoms with Crippen molar-refractivity contribution in [3.63, 3.8) is 0 Å². The van der Waals surface area contributed by atoms with Crippen LogP contribution in [0.25, 0.3) is 0 Å². The van der Waals surface area contributed by atoms with Gasteiger partial charge < -0.3 is 15.0 Å². The first-order valence-electron chi connectivity index (χ1n) is 10.2. The highest BCUT2D eigenvalue weighted by Crippen LogP contribution is 2.24. The van der Waals surface area contributed by atoms with E-state index in [4.69, 9.17) is 9.73 Å². The molecule has 0 bridgehead atoms. The normalized spacial score (nSPS) is 22.6. The number of halogens is 1. The van der Waals surface area contributed by atoms with Crippen molar-refractivity contribution in [1.82, 2.24) is 15.1 Å². The fourth-order valence-corrected chi connectivity index (χ4v) is 4.41. The highest BCUT2D eigenvalue weighted by atomic mass is 127. The van der Waals surface area contributed by atoms with E-state index >= 15 is 0 Å². The number of rotatable bonds is 8. The number of thioether (sulfide) groups is 1. The maximum Gasteiger partial charge on any atom is 0.194 e. The van der Waals surface area contributed by atoms with E-state index in [-0.39, 0.29) is 30.1 Å². The van der Waals surface area contributed by atoms with Gasteiger partial charge in [-0.3, -0.25) is 9.89 Å². The number of ether oxygens (including phenoxy) is 1. The first-order valence-corrected chi connectivity index (χ1v) is 11.6. The minimum Gasteiger partial charge on any atom is -0.373 e. The molecule has 3 rings (SSSR count). The third kappa shape index (κ3) is 6.78. The molecule has 0 saturated carbocycles. The van der Waals surface area contributed by atoms with Crippen LogP contribution in [0.4, 0.5) is 0 Å². The lowest BCUT2D eigenvalue weighted by atomic mass is 10.1. The van der Waals surface area contributed by atoms with E-state index in [1.807, 2.05) is 11.8 Å². The lowest BCUT2D eigenvalue weighted by Crippen LogP contribution is -2.50. The molecule has 1 N–H and O–H groups in total. The van der Waals surface area contributed by atoms with Crippen molar-refractivity contribution in [2.75, 3.05) is 51.3 Å². The van der Waals surface area contributed by atoms with Gasteiger partial charge in [-0.25, -0.2) is 0 Å². The van der Waals surface area contributed by atoms with Crippen LogP contribution in [0, 0.1) is 0 Å². The van der Waals surface area contributed by atoms with E-state index in [0.717, 1.165) is 58.3 Å². The van der Waals surface area contributed by atoms with Crippen LogP contribution in [0.1, 0.15) is 25.3 Å². The highest BCUT2D eigenvalue weighted by molar-refractivity contribution is 14.0. The molecule has 2 atom stereocenters. The highest BCUT2D eigenvalue weighted by Gasteiger charge is 2.41. The van der Waals surface area contributed by atoms with Gasteiger partial charge in [-0.05, 0) is 37.3 Å². The van der Waals surface area contributed by atoms with Gasteiger partial charge in [-0.15, -0.1) is 24.0 Å². The molecule has 2 aliphatic heterocycles. The van der Waals surface area contributed by atoms with Crippen LogP contribution < -0.4 is 5.32 Å². The molecule has 2 heterocycles. The van der Waals surface area contributed by atoms with Crippen LogP contribution in [0.5, 0.6) is 0 Å². The van der Waals surface area contributed by atoms with Gasteiger partial charge in [0.1, 0.15) is 0 Å². The number of likely N-dealkylation sites (tertiary alicyclic amines) is 1. The summed E-state index contributed by atoms with van der Waals surface area (Å²) < 4.78 is 6.12. The number of nitrogens with one attached hydrogen (secondary N) is 1. The summed E-state index contributed by atoms with van der Waals surface area (Å²) in [6, 6.07) is 11.2. The standard InChI is InChI=1S/C21H34N4OS.HI/c1-3-22-21(23-11-7-8-14-27-2)25-16-19-20(17-25)26-13-12-24(19)15-18-9-5-4-6-10-18;/h4-6,9-10,19-20H,3,7-8,11-17H2,1-2H3,(H,22,23);1H. The summed E-state index contributed by atoms with van der Waals surface area (Å²) in [4.78, 5) is 9.87. The van der Waals surface area contributed by atoms with E-state index in [0.29, 0.717) is 6.04 Å². The molecule has 0 aliphatic carbocycles. The molecule has 1 aromatic rings. The number of hydrogen-bond donors (Lipinski definition) is 1. The van der Waals surface area contributed by atoms with Gasteiger partial charge in [0.15, 0.2) is 5.96 Å². The Balaban J connectivity index is 0.00000280. The van der Waals surface area contributed by atoms with E-state index in [9.17, 15) is 0 Å². The number of benzene rings is 1. The van der Waals surface area contributed by atoms with Gasteiger partial charge in [-0.2, -0.15) is 11.8 Å². The molecule has 0 radical (unpaired) electrons. The predicted octanol–water partition coefficient (Wildman–Crippen LogP) is 3.30. The number of hydrogen-bond acceptors (Lipinski definition) is 4. The summed E-state index contributed by atoms with van der Waals surface area (Å²) >= 11 is 1.91. The van der Waals surface area contributed by atoms with Crippen molar-refractivity contribution < 1.29 is 4.74 Å². The number of aliphatic imine (C=N–C) groups is 1. The summed E-state index contributed by atoms with van der Waals surface area (Å²) in [7, 11) is 0. The summed E-state index contributed by atoms with van der Waals surface area (Å²) in [5, 5.41) is 3.49. The van der Waals surface area contributed by atoms with E-state index in [1.165, 1.54) is 17.7 Å². The first kappa shape index (κ1) is 23.8. The topological polar surface area (TPSA) is 40.1 Å². The van der Waals surface area contributed by atoms with Crippen molar-refractivity contribution in [2.24, 2.45) is 4.99 Å². The van der Waals surface area contributed by atoms with Crippen LogP contribution in [0.2, 0.25) is 0 Å². The zero-order chi connectivity index (χ0) is 18.9. The molecule has 0 amide bonds.